The number of piperidine rings is 1. The number of likely N-dealkylation sites (tertiary alicyclic amines) is 1. The summed E-state index contributed by atoms with van der Waals surface area (Å²) in [4.78, 5) is 12.3. The van der Waals surface area contributed by atoms with Crippen LogP contribution in [-0.4, -0.2) is 30.2 Å². The Morgan fingerprint density at radius 3 is 2.35 bits per heavy atom. The lowest BCUT2D eigenvalue weighted by Gasteiger charge is -2.31. The van der Waals surface area contributed by atoms with Crippen LogP contribution in [0, 0.1) is 11.8 Å². The van der Waals surface area contributed by atoms with Crippen LogP contribution in [0.5, 0.6) is 0 Å². The van der Waals surface area contributed by atoms with Gasteiger partial charge in [-0.2, -0.15) is 0 Å². The van der Waals surface area contributed by atoms with Crippen molar-refractivity contribution in [2.24, 2.45) is 16.8 Å². The first-order valence-corrected chi connectivity index (χ1v) is 6.90. The molecule has 0 radical (unpaired) electrons. The van der Waals surface area contributed by atoms with Crippen molar-refractivity contribution in [2.45, 2.75) is 53.8 Å². The van der Waals surface area contributed by atoms with Crippen molar-refractivity contribution in [3.05, 3.63) is 0 Å². The van der Waals surface area contributed by atoms with E-state index in [1.165, 1.54) is 12.8 Å². The maximum Gasteiger partial charge on any atom is 0.233 e. The highest BCUT2D eigenvalue weighted by Gasteiger charge is 2.28. The van der Waals surface area contributed by atoms with Crippen molar-refractivity contribution in [2.75, 3.05) is 13.1 Å². The molecule has 2 aliphatic rings. The first-order valence-electron chi connectivity index (χ1n) is 6.90. The predicted molar refractivity (Wildman–Crippen MR) is 71.6 cm³/mol. The predicted octanol–water partition coefficient (Wildman–Crippen LogP) is 2.62. The molecule has 1 saturated heterocycles. The monoisotopic (exact) mass is 241 g/mol. The van der Waals surface area contributed by atoms with Crippen molar-refractivity contribution in [1.29, 1.82) is 0 Å². The fourth-order valence-electron chi connectivity index (χ4n) is 1.96. The van der Waals surface area contributed by atoms with Gasteiger partial charge in [-0.1, -0.05) is 34.6 Å². The van der Waals surface area contributed by atoms with Crippen LogP contribution in [0.2, 0.25) is 0 Å². The van der Waals surface area contributed by atoms with E-state index in [0.717, 1.165) is 24.8 Å². The number of rotatable bonds is 2. The molecule has 0 aromatic rings. The molecule has 0 aromatic carbocycles. The summed E-state index contributed by atoms with van der Waals surface area (Å²) in [6.45, 7) is 12.8. The topological polar surface area (TPSA) is 36.9 Å². The van der Waals surface area contributed by atoms with Crippen LogP contribution in [0.25, 0.3) is 0 Å². The highest BCUT2D eigenvalue weighted by molar-refractivity contribution is 5.83. The van der Waals surface area contributed by atoms with Gasteiger partial charge in [-0.15, -0.1) is 0 Å². The van der Waals surface area contributed by atoms with Crippen LogP contribution in [0.4, 0.5) is 0 Å². The molecule has 0 amide bonds. The zero-order chi connectivity index (χ0) is 12.8. The van der Waals surface area contributed by atoms with Crippen LogP contribution in [0.15, 0.2) is 4.99 Å². The number of nitrogens with one attached hydrogen (secondary N) is 1. The molecule has 17 heavy (non-hydrogen) atoms. The quantitative estimate of drug-likeness (QED) is 0.807. The first-order chi connectivity index (χ1) is 8.16. The van der Waals surface area contributed by atoms with Gasteiger partial charge in [-0.25, -0.2) is 15.3 Å². The molecule has 100 valence electrons. The Kier molecular flexibility index (Phi) is 5.92. The molecule has 1 fully saturated rings. The van der Waals surface area contributed by atoms with Gasteiger partial charge in [0.05, 0.1) is 0 Å². The van der Waals surface area contributed by atoms with Crippen molar-refractivity contribution in [3.8, 4) is 0 Å². The summed E-state index contributed by atoms with van der Waals surface area (Å²) in [7, 11) is 0. The molecule has 1 atom stereocenters. The minimum Gasteiger partial charge on any atom is -0.257 e. The van der Waals surface area contributed by atoms with Gasteiger partial charge < -0.3 is 0 Å². The molecule has 4 heteroatoms. The second kappa shape index (κ2) is 6.97. The van der Waals surface area contributed by atoms with Gasteiger partial charge in [-0.05, 0) is 18.8 Å². The third-order valence-electron chi connectivity index (χ3n) is 3.20. The molecule has 0 bridgehead atoms. The largest absolute Gasteiger partial charge is 0.257 e. The summed E-state index contributed by atoms with van der Waals surface area (Å²) in [5.41, 5.74) is 2.92. The Morgan fingerprint density at radius 1 is 1.29 bits per heavy atom. The molecule has 1 N–H and O–H groups in total. The Labute approximate surface area is 105 Å². The molecule has 2 heterocycles. The van der Waals surface area contributed by atoms with Gasteiger partial charge in [0.1, 0.15) is 5.84 Å². The van der Waals surface area contributed by atoms with E-state index in [1.807, 2.05) is 13.8 Å². The highest BCUT2D eigenvalue weighted by Crippen LogP contribution is 2.20. The summed E-state index contributed by atoms with van der Waals surface area (Å²) >= 11 is 0. The molecule has 2 aliphatic heterocycles. The van der Waals surface area contributed by atoms with Crippen LogP contribution >= 0.6 is 0 Å². The number of hydrogen-bond donors (Lipinski definition) is 1. The van der Waals surface area contributed by atoms with Crippen molar-refractivity contribution in [3.63, 3.8) is 0 Å². The standard InChI is InChI=1S/C11H21N3O.C2H6/c1-8(2)10-12-11(15-13-10)14-6-4-9(3)5-7-14;1-2/h8-9,11H,4-7H2,1-3H3,(H,12,13);1-2H3. The zero-order valence-corrected chi connectivity index (χ0v) is 11.9. The third-order valence-corrected chi connectivity index (χ3v) is 3.20. The van der Waals surface area contributed by atoms with E-state index in [-0.39, 0.29) is 6.35 Å². The molecule has 0 spiro atoms. The average molecular weight is 241 g/mol. The Hall–Kier alpha value is -0.610. The second-order valence-corrected chi connectivity index (χ2v) is 4.93. The summed E-state index contributed by atoms with van der Waals surface area (Å²) in [6.07, 6.45) is 2.42. The Morgan fingerprint density at radius 2 is 1.88 bits per heavy atom. The fourth-order valence-corrected chi connectivity index (χ4v) is 1.96. The highest BCUT2D eigenvalue weighted by atomic mass is 16.7. The van der Waals surface area contributed by atoms with E-state index < -0.39 is 0 Å². The summed E-state index contributed by atoms with van der Waals surface area (Å²) in [6, 6.07) is 0. The van der Waals surface area contributed by atoms with E-state index >= 15 is 0 Å². The van der Waals surface area contributed by atoms with Gasteiger partial charge in [0, 0.05) is 19.0 Å². The third kappa shape index (κ3) is 3.96. The Balaban J connectivity index is 0.000000686. The van der Waals surface area contributed by atoms with Crippen LogP contribution < -0.4 is 5.48 Å². The summed E-state index contributed by atoms with van der Waals surface area (Å²) < 4.78 is 0. The van der Waals surface area contributed by atoms with Crippen molar-refractivity contribution >= 4 is 5.84 Å². The van der Waals surface area contributed by atoms with Gasteiger partial charge >= 0.3 is 0 Å². The van der Waals surface area contributed by atoms with Crippen LogP contribution in [0.3, 0.4) is 0 Å². The lowest BCUT2D eigenvalue weighted by molar-refractivity contribution is -0.0763. The second-order valence-electron chi connectivity index (χ2n) is 4.93. The smallest absolute Gasteiger partial charge is 0.233 e. The fraction of sp³-hybridized carbons (Fsp3) is 0.923. The molecule has 0 saturated carbocycles. The van der Waals surface area contributed by atoms with E-state index in [0.29, 0.717) is 5.92 Å². The van der Waals surface area contributed by atoms with Crippen molar-refractivity contribution in [1.82, 2.24) is 10.4 Å². The van der Waals surface area contributed by atoms with E-state index in [1.54, 1.807) is 0 Å². The van der Waals surface area contributed by atoms with Gasteiger partial charge in [0.2, 0.25) is 6.35 Å². The van der Waals surface area contributed by atoms with Gasteiger partial charge in [-0.3, -0.25) is 4.90 Å². The lowest BCUT2D eigenvalue weighted by Crippen LogP contribution is -2.41. The normalized spacial score (nSPS) is 26.2. The summed E-state index contributed by atoms with van der Waals surface area (Å²) in [5.74, 6) is 2.24. The number of amidine groups is 1. The molecule has 1 unspecified atom stereocenters. The maximum atomic E-state index is 5.47. The Bertz CT molecular complexity index is 245. The molecule has 2 rings (SSSR count). The van der Waals surface area contributed by atoms with Crippen molar-refractivity contribution < 1.29 is 4.84 Å². The first kappa shape index (κ1) is 14.5. The minimum absolute atomic E-state index is 0.0881. The van der Waals surface area contributed by atoms with Crippen LogP contribution in [-0.2, 0) is 4.84 Å². The minimum atomic E-state index is -0.0881. The SMILES string of the molecule is CC.CC1CCN(C2N=C(C(C)C)NO2)CC1. The number of nitrogens with zero attached hydrogens (tertiary/aromatic N) is 2. The zero-order valence-electron chi connectivity index (χ0n) is 11.9. The number of hydrogen-bond acceptors (Lipinski definition) is 4. The number of aliphatic imine (C=N–C) groups is 1. The van der Waals surface area contributed by atoms with E-state index in [4.69, 9.17) is 4.84 Å². The van der Waals surface area contributed by atoms with Gasteiger partial charge in [0.15, 0.2) is 0 Å². The molecule has 0 aromatic heterocycles. The molecular weight excluding hydrogens is 214 g/mol. The summed E-state index contributed by atoms with van der Waals surface area (Å²) in [5, 5.41) is 0. The maximum absolute atomic E-state index is 5.47. The van der Waals surface area contributed by atoms with E-state index in [9.17, 15) is 0 Å². The number of hydroxylamine groups is 1. The van der Waals surface area contributed by atoms with Crippen LogP contribution in [0.1, 0.15) is 47.5 Å². The van der Waals surface area contributed by atoms with E-state index in [2.05, 4.69) is 36.1 Å². The molecule has 4 nitrogen and oxygen atoms in total. The molecular formula is C13H27N3O. The lowest BCUT2D eigenvalue weighted by atomic mass is 10.00. The molecule has 0 aliphatic carbocycles. The van der Waals surface area contributed by atoms with Gasteiger partial charge in [0.25, 0.3) is 0 Å². The average Bonchev–Trinajstić information content (AvgIpc) is 2.82.